The van der Waals surface area contributed by atoms with Crippen LogP contribution in [0.1, 0.15) is 51.8 Å². The van der Waals surface area contributed by atoms with Crippen molar-refractivity contribution in [1.29, 1.82) is 0 Å². The van der Waals surface area contributed by atoms with E-state index < -0.39 is 53.9 Å². The lowest BCUT2D eigenvalue weighted by molar-refractivity contribution is -0.157. The van der Waals surface area contributed by atoms with Crippen molar-refractivity contribution in [2.75, 3.05) is 26.1 Å². The van der Waals surface area contributed by atoms with Gasteiger partial charge < -0.3 is 43.6 Å². The van der Waals surface area contributed by atoms with E-state index in [4.69, 9.17) is 33.2 Å². The Balaban J connectivity index is 2.00. The van der Waals surface area contributed by atoms with Crippen molar-refractivity contribution in [2.24, 2.45) is 0 Å². The van der Waals surface area contributed by atoms with Crippen LogP contribution in [0.25, 0.3) is 0 Å². The first-order valence-corrected chi connectivity index (χ1v) is 14.2. The van der Waals surface area contributed by atoms with Crippen LogP contribution < -0.4 is 24.3 Å². The zero-order valence-corrected chi connectivity index (χ0v) is 26.8. The molecule has 16 nitrogen and oxygen atoms in total. The first-order chi connectivity index (χ1) is 23.3. The molecular weight excluding hydrogens is 650 g/mol. The van der Waals surface area contributed by atoms with E-state index in [1.165, 1.54) is 50.6 Å². The molecule has 2 N–H and O–H groups in total. The first-order valence-electron chi connectivity index (χ1n) is 14.2. The average Bonchev–Trinajstić information content (AvgIpc) is 3.05. The predicted octanol–water partition coefficient (Wildman–Crippen LogP) is 3.21. The van der Waals surface area contributed by atoms with E-state index in [2.05, 4.69) is 5.32 Å². The van der Waals surface area contributed by atoms with Crippen LogP contribution in [-0.2, 0) is 33.4 Å². The van der Waals surface area contributed by atoms with Crippen LogP contribution in [0.2, 0.25) is 0 Å². The number of carboxylic acid groups (broad SMARTS) is 1. The largest absolute Gasteiger partial charge is 0.493 e. The van der Waals surface area contributed by atoms with Gasteiger partial charge >= 0.3 is 35.8 Å². The van der Waals surface area contributed by atoms with Crippen molar-refractivity contribution < 1.29 is 71.8 Å². The Kier molecular flexibility index (Phi) is 12.8. The number of methoxy groups -OCH3 is 2. The molecule has 0 spiro atoms. The van der Waals surface area contributed by atoms with Crippen LogP contribution in [0.3, 0.4) is 0 Å². The molecule has 49 heavy (non-hydrogen) atoms. The third kappa shape index (κ3) is 10.0. The van der Waals surface area contributed by atoms with Crippen molar-refractivity contribution in [3.8, 4) is 23.0 Å². The maximum absolute atomic E-state index is 13.6. The second kappa shape index (κ2) is 16.9. The summed E-state index contributed by atoms with van der Waals surface area (Å²) in [6.45, 7) is 3.96. The normalized spacial score (nSPS) is 11.5. The quantitative estimate of drug-likeness (QED) is 0.142. The van der Waals surface area contributed by atoms with Crippen molar-refractivity contribution in [3.63, 3.8) is 0 Å². The average molecular weight is 682 g/mol. The lowest BCUT2D eigenvalue weighted by Gasteiger charge is -2.24. The molecule has 0 heterocycles. The first kappa shape index (κ1) is 37.0. The lowest BCUT2D eigenvalue weighted by Crippen LogP contribution is -2.48. The number of anilines is 1. The van der Waals surface area contributed by atoms with Crippen LogP contribution in [0.15, 0.2) is 60.7 Å². The van der Waals surface area contributed by atoms with Gasteiger partial charge in [-0.05, 0) is 61.5 Å². The van der Waals surface area contributed by atoms with E-state index in [1.54, 1.807) is 6.92 Å². The van der Waals surface area contributed by atoms with Crippen LogP contribution in [0.4, 0.5) is 5.69 Å². The minimum atomic E-state index is -2.44. The van der Waals surface area contributed by atoms with Gasteiger partial charge in [0.25, 0.3) is 5.91 Å². The number of carbonyl (C=O) groups excluding carboxylic acids is 6. The zero-order valence-electron chi connectivity index (χ0n) is 26.8. The number of nitrogens with one attached hydrogen (secondary N) is 1. The number of carboxylic acids is 1. The summed E-state index contributed by atoms with van der Waals surface area (Å²) in [5, 5.41) is 12.5. The van der Waals surface area contributed by atoms with E-state index in [-0.39, 0.29) is 52.0 Å². The highest BCUT2D eigenvalue weighted by molar-refractivity contribution is 6.02. The number of ether oxygens (including phenoxy) is 7. The molecule has 3 aromatic carbocycles. The molecule has 2 atom stereocenters. The summed E-state index contributed by atoms with van der Waals surface area (Å²) in [6.07, 6.45) is -4.77. The Morgan fingerprint density at radius 1 is 0.653 bits per heavy atom. The van der Waals surface area contributed by atoms with Gasteiger partial charge in [-0.2, -0.15) is 0 Å². The number of esters is 5. The minimum absolute atomic E-state index is 0.0229. The minimum Gasteiger partial charge on any atom is -0.493 e. The number of aliphatic carboxylic acids is 1. The van der Waals surface area contributed by atoms with Gasteiger partial charge in [-0.3, -0.25) is 14.4 Å². The Hall–Kier alpha value is -6.45. The topological polar surface area (TPSA) is 216 Å². The predicted molar refractivity (Wildman–Crippen MR) is 166 cm³/mol. The molecule has 0 aliphatic rings. The van der Waals surface area contributed by atoms with E-state index >= 15 is 0 Å². The third-order valence-corrected chi connectivity index (χ3v) is 6.19. The van der Waals surface area contributed by atoms with Gasteiger partial charge in [-0.1, -0.05) is 6.07 Å². The van der Waals surface area contributed by atoms with Crippen LogP contribution in [-0.4, -0.2) is 79.9 Å². The fraction of sp³-hybridized carbons (Fsp3) is 0.242. The fourth-order valence-corrected chi connectivity index (χ4v) is 4.08. The molecule has 0 bridgehead atoms. The second-order valence-corrected chi connectivity index (χ2v) is 9.70. The SMILES string of the molecule is CCOC(=O)c1cccc(NC(=O)[C@@H](OC(=O)c2ccc(OC(C)=O)c(OC)c2)[C@H](OC(=O)c2ccc(OC(C)=O)c(OC)c2)C(=O)O)c1. The van der Waals surface area contributed by atoms with Gasteiger partial charge in [0, 0.05) is 19.5 Å². The van der Waals surface area contributed by atoms with Crippen molar-refractivity contribution in [1.82, 2.24) is 0 Å². The Bertz CT molecular complexity index is 1770. The number of hydrogen-bond donors (Lipinski definition) is 2. The summed E-state index contributed by atoms with van der Waals surface area (Å²) < 4.78 is 35.8. The fourth-order valence-electron chi connectivity index (χ4n) is 4.08. The molecule has 0 saturated carbocycles. The van der Waals surface area contributed by atoms with Crippen LogP contribution in [0, 0.1) is 0 Å². The highest BCUT2D eigenvalue weighted by Gasteiger charge is 2.41. The van der Waals surface area contributed by atoms with Crippen molar-refractivity contribution >= 4 is 47.4 Å². The monoisotopic (exact) mass is 681 g/mol. The molecular formula is C33H31NO15. The standard InChI is InChI=1S/C33H31NO15/c1-6-45-31(40)19-8-7-9-22(14-19)34-29(37)27(48-32(41)20-10-12-23(46-17(2)35)25(15-20)43-4)28(30(38)39)49-33(42)21-11-13-24(47-18(3)36)26(16-21)44-5/h7-16,27-28H,6H2,1-5H3,(H,34,37)(H,38,39)/t27-,28-/m0/s1. The number of rotatable bonds is 14. The van der Waals surface area contributed by atoms with Crippen LogP contribution >= 0.6 is 0 Å². The Morgan fingerprint density at radius 2 is 1.14 bits per heavy atom. The molecule has 0 radical (unpaired) electrons. The summed E-state index contributed by atoms with van der Waals surface area (Å²) in [4.78, 5) is 87.6. The van der Waals surface area contributed by atoms with Gasteiger partial charge in [0.15, 0.2) is 23.0 Å². The molecule has 258 valence electrons. The van der Waals surface area contributed by atoms with Gasteiger partial charge in [-0.15, -0.1) is 0 Å². The van der Waals surface area contributed by atoms with Crippen molar-refractivity contribution in [3.05, 3.63) is 77.4 Å². The number of amides is 1. The molecule has 0 fully saturated rings. The molecule has 1 amide bonds. The maximum atomic E-state index is 13.6. The maximum Gasteiger partial charge on any atom is 0.349 e. The van der Waals surface area contributed by atoms with E-state index in [9.17, 15) is 38.7 Å². The Morgan fingerprint density at radius 3 is 1.59 bits per heavy atom. The summed E-state index contributed by atoms with van der Waals surface area (Å²) in [5.41, 5.74) is -0.528. The molecule has 0 aromatic heterocycles. The van der Waals surface area contributed by atoms with Gasteiger partial charge in [0.1, 0.15) is 0 Å². The lowest BCUT2D eigenvalue weighted by atomic mass is 10.1. The summed E-state index contributed by atoms with van der Waals surface area (Å²) in [6, 6.07) is 12.3. The van der Waals surface area contributed by atoms with Gasteiger partial charge in [0.2, 0.25) is 12.2 Å². The summed E-state index contributed by atoms with van der Waals surface area (Å²) in [5.74, 6) is -8.01. The summed E-state index contributed by atoms with van der Waals surface area (Å²) in [7, 11) is 2.45. The summed E-state index contributed by atoms with van der Waals surface area (Å²) >= 11 is 0. The number of carbonyl (C=O) groups is 7. The van der Waals surface area contributed by atoms with Crippen molar-refractivity contribution in [2.45, 2.75) is 33.0 Å². The molecule has 16 heteroatoms. The molecule has 0 unspecified atom stereocenters. The third-order valence-electron chi connectivity index (χ3n) is 6.19. The van der Waals surface area contributed by atoms with E-state index in [0.29, 0.717) is 0 Å². The number of hydrogen-bond acceptors (Lipinski definition) is 14. The molecule has 3 aromatic rings. The van der Waals surface area contributed by atoms with E-state index in [0.717, 1.165) is 38.1 Å². The number of benzene rings is 3. The van der Waals surface area contributed by atoms with Gasteiger partial charge in [-0.25, -0.2) is 19.2 Å². The molecule has 0 aliphatic carbocycles. The highest BCUT2D eigenvalue weighted by Crippen LogP contribution is 2.30. The zero-order chi connectivity index (χ0) is 36.2. The second-order valence-electron chi connectivity index (χ2n) is 9.70. The highest BCUT2D eigenvalue weighted by atomic mass is 16.6. The van der Waals surface area contributed by atoms with E-state index in [1.807, 2.05) is 0 Å². The van der Waals surface area contributed by atoms with Crippen LogP contribution in [0.5, 0.6) is 23.0 Å². The van der Waals surface area contributed by atoms with Gasteiger partial charge in [0.05, 0.1) is 37.5 Å². The Labute approximate surface area is 278 Å². The molecule has 0 saturated heterocycles. The smallest absolute Gasteiger partial charge is 0.349 e. The molecule has 0 aliphatic heterocycles. The molecule has 3 rings (SSSR count).